The van der Waals surface area contributed by atoms with E-state index in [4.69, 9.17) is 23.2 Å². The van der Waals surface area contributed by atoms with Crippen molar-refractivity contribution >= 4 is 86.6 Å². The molecule has 5 aromatic rings. The zero-order chi connectivity index (χ0) is 33.3. The molecule has 10 nitrogen and oxygen atoms in total. The number of carbonyl (C=O) groups excluding carboxylic acids is 3. The van der Waals surface area contributed by atoms with Crippen molar-refractivity contribution in [1.29, 1.82) is 0 Å². The van der Waals surface area contributed by atoms with Crippen molar-refractivity contribution in [2.24, 2.45) is 0 Å². The lowest BCUT2D eigenvalue weighted by atomic mass is 10.1. The van der Waals surface area contributed by atoms with E-state index in [0.717, 1.165) is 0 Å². The molecule has 5 rings (SSSR count). The highest BCUT2D eigenvalue weighted by Gasteiger charge is 2.17. The zero-order valence-electron chi connectivity index (χ0n) is 24.1. The Morgan fingerprint density at radius 1 is 0.915 bits per heavy atom. The van der Waals surface area contributed by atoms with E-state index < -0.39 is 16.7 Å². The standard InChI is InChI=1S/C33H23Cl2N5O5S2/c34-26-14-5-10-22(30(26)35)16-27(37-31(42)20-7-2-1-3-8-20)32(43)36-23-11-6-13-25(17-23)46-19-29(41)39-33-38-28(18-47-33)21-9-4-12-24(15-21)40(44)45/h1-18H,19H2,(H,36,43)(H,37,42)(H,38,39,41)/b27-16+. The lowest BCUT2D eigenvalue weighted by Gasteiger charge is -2.13. The minimum atomic E-state index is -0.603. The molecule has 0 saturated heterocycles. The van der Waals surface area contributed by atoms with Crippen molar-refractivity contribution in [2.75, 3.05) is 16.4 Å². The Kier molecular flexibility index (Phi) is 11.0. The van der Waals surface area contributed by atoms with Gasteiger partial charge in [-0.15, -0.1) is 23.1 Å². The highest BCUT2D eigenvalue weighted by molar-refractivity contribution is 8.00. The fraction of sp³-hybridized carbons (Fsp3) is 0.0303. The van der Waals surface area contributed by atoms with Gasteiger partial charge in [-0.3, -0.25) is 24.5 Å². The Hall–Kier alpha value is -5.01. The largest absolute Gasteiger partial charge is 0.321 e. The highest BCUT2D eigenvalue weighted by atomic mass is 35.5. The molecule has 1 heterocycles. The van der Waals surface area contributed by atoms with E-state index in [1.807, 2.05) is 0 Å². The number of halogens is 2. The maximum absolute atomic E-state index is 13.4. The quantitative estimate of drug-likeness (QED) is 0.0545. The van der Waals surface area contributed by atoms with Gasteiger partial charge in [-0.25, -0.2) is 4.98 Å². The number of amides is 3. The number of non-ortho nitro benzene ring substituents is 1. The van der Waals surface area contributed by atoms with Crippen molar-refractivity contribution in [2.45, 2.75) is 4.90 Å². The number of hydrogen-bond donors (Lipinski definition) is 3. The SMILES string of the molecule is O=C(CSc1cccc(NC(=O)/C(=C\c2cccc(Cl)c2Cl)NC(=O)c2ccccc2)c1)Nc1nc(-c2cccc([N+](=O)[O-])c2)cs1. The average Bonchev–Trinajstić information content (AvgIpc) is 3.54. The van der Waals surface area contributed by atoms with Crippen LogP contribution in [0.1, 0.15) is 15.9 Å². The molecule has 0 radical (unpaired) electrons. The molecule has 0 fully saturated rings. The minimum Gasteiger partial charge on any atom is -0.321 e. The first-order valence-corrected chi connectivity index (χ1v) is 16.3. The Balaban J connectivity index is 1.24. The second-order valence-corrected chi connectivity index (χ2v) is 12.4. The van der Waals surface area contributed by atoms with E-state index in [1.54, 1.807) is 90.3 Å². The van der Waals surface area contributed by atoms with E-state index in [2.05, 4.69) is 20.9 Å². The summed E-state index contributed by atoms with van der Waals surface area (Å²) in [7, 11) is 0. The van der Waals surface area contributed by atoms with Crippen LogP contribution in [0.4, 0.5) is 16.5 Å². The van der Waals surface area contributed by atoms with Crippen LogP contribution >= 0.6 is 46.3 Å². The van der Waals surface area contributed by atoms with Gasteiger partial charge in [0, 0.05) is 39.2 Å². The molecule has 3 amide bonds. The highest BCUT2D eigenvalue weighted by Crippen LogP contribution is 2.29. The molecule has 0 saturated carbocycles. The van der Waals surface area contributed by atoms with Gasteiger partial charge in [0.1, 0.15) is 5.70 Å². The summed E-state index contributed by atoms with van der Waals surface area (Å²) in [6, 6.07) is 26.4. The predicted molar refractivity (Wildman–Crippen MR) is 187 cm³/mol. The van der Waals surface area contributed by atoms with Crippen LogP contribution in [-0.2, 0) is 9.59 Å². The molecule has 3 N–H and O–H groups in total. The Labute approximate surface area is 287 Å². The first-order valence-electron chi connectivity index (χ1n) is 13.7. The lowest BCUT2D eigenvalue weighted by Crippen LogP contribution is -2.30. The molecular formula is C33H23Cl2N5O5S2. The second-order valence-electron chi connectivity index (χ2n) is 9.69. The van der Waals surface area contributed by atoms with Crippen LogP contribution in [-0.4, -0.2) is 33.4 Å². The zero-order valence-corrected chi connectivity index (χ0v) is 27.3. The van der Waals surface area contributed by atoms with Gasteiger partial charge in [-0.05, 0) is 48.0 Å². The van der Waals surface area contributed by atoms with E-state index >= 15 is 0 Å². The Bertz CT molecular complexity index is 2000. The number of nitrogens with zero attached hydrogens (tertiary/aromatic N) is 2. The summed E-state index contributed by atoms with van der Waals surface area (Å²) in [5, 5.41) is 21.9. The third-order valence-corrected chi connectivity index (χ3v) is 8.96. The van der Waals surface area contributed by atoms with Crippen LogP contribution in [0.2, 0.25) is 10.0 Å². The van der Waals surface area contributed by atoms with E-state index in [9.17, 15) is 24.5 Å². The van der Waals surface area contributed by atoms with Crippen molar-refractivity contribution in [3.05, 3.63) is 139 Å². The number of nitrogens with one attached hydrogen (secondary N) is 3. The summed E-state index contributed by atoms with van der Waals surface area (Å²) in [4.78, 5) is 54.7. The number of hydrogen-bond acceptors (Lipinski definition) is 8. The van der Waals surface area contributed by atoms with Crippen LogP contribution in [0, 0.1) is 10.1 Å². The number of nitro groups is 1. The maximum atomic E-state index is 13.4. The number of thiazole rings is 1. The summed E-state index contributed by atoms with van der Waals surface area (Å²) >= 11 is 15.0. The van der Waals surface area contributed by atoms with Gasteiger partial charge in [-0.1, -0.05) is 71.7 Å². The number of carbonyl (C=O) groups is 3. The third kappa shape index (κ3) is 9.05. The van der Waals surface area contributed by atoms with Gasteiger partial charge in [-0.2, -0.15) is 0 Å². The number of rotatable bonds is 11. The van der Waals surface area contributed by atoms with Crippen LogP contribution in [0.3, 0.4) is 0 Å². The molecule has 236 valence electrons. The van der Waals surface area contributed by atoms with Gasteiger partial charge in [0.05, 0.1) is 26.4 Å². The first-order chi connectivity index (χ1) is 22.7. The van der Waals surface area contributed by atoms with E-state index in [-0.39, 0.29) is 28.1 Å². The maximum Gasteiger partial charge on any atom is 0.272 e. The summed E-state index contributed by atoms with van der Waals surface area (Å²) < 4.78 is 0. The molecule has 47 heavy (non-hydrogen) atoms. The first kappa shape index (κ1) is 33.4. The monoisotopic (exact) mass is 703 g/mol. The smallest absolute Gasteiger partial charge is 0.272 e. The summed E-state index contributed by atoms with van der Waals surface area (Å²) in [5.74, 6) is -1.35. The van der Waals surface area contributed by atoms with Crippen LogP contribution in [0.5, 0.6) is 0 Å². The van der Waals surface area contributed by atoms with Crippen LogP contribution in [0.15, 0.2) is 113 Å². The Morgan fingerprint density at radius 3 is 2.47 bits per heavy atom. The van der Waals surface area contributed by atoms with Gasteiger partial charge >= 0.3 is 0 Å². The topological polar surface area (TPSA) is 143 Å². The summed E-state index contributed by atoms with van der Waals surface area (Å²) in [5.41, 5.74) is 2.19. The number of benzene rings is 4. The minimum absolute atomic E-state index is 0.0503. The molecule has 0 atom stereocenters. The fourth-order valence-electron chi connectivity index (χ4n) is 4.14. The molecular weight excluding hydrogens is 681 g/mol. The number of nitro benzene ring substituents is 1. The summed E-state index contributed by atoms with van der Waals surface area (Å²) in [6.45, 7) is 0. The average molecular weight is 705 g/mol. The molecule has 0 unspecified atom stereocenters. The number of anilines is 2. The molecule has 1 aromatic heterocycles. The predicted octanol–water partition coefficient (Wildman–Crippen LogP) is 8.17. The van der Waals surface area contributed by atoms with Crippen LogP contribution < -0.4 is 16.0 Å². The fourth-order valence-corrected chi connectivity index (χ4v) is 5.99. The molecule has 4 aromatic carbocycles. The molecule has 0 aliphatic heterocycles. The van der Waals surface area contributed by atoms with Gasteiger partial charge in [0.15, 0.2) is 5.13 Å². The molecule has 0 aliphatic carbocycles. The van der Waals surface area contributed by atoms with Crippen molar-refractivity contribution in [1.82, 2.24) is 10.3 Å². The Morgan fingerprint density at radius 2 is 1.68 bits per heavy atom. The molecule has 0 aliphatic rings. The van der Waals surface area contributed by atoms with Crippen molar-refractivity contribution in [3.8, 4) is 11.3 Å². The lowest BCUT2D eigenvalue weighted by molar-refractivity contribution is -0.384. The van der Waals surface area contributed by atoms with Gasteiger partial charge in [0.25, 0.3) is 17.5 Å². The van der Waals surface area contributed by atoms with E-state index in [1.165, 1.54) is 41.3 Å². The third-order valence-electron chi connectivity index (χ3n) is 6.38. The van der Waals surface area contributed by atoms with Gasteiger partial charge < -0.3 is 16.0 Å². The van der Waals surface area contributed by atoms with Crippen molar-refractivity contribution in [3.63, 3.8) is 0 Å². The summed E-state index contributed by atoms with van der Waals surface area (Å²) in [6.07, 6.45) is 1.44. The normalized spacial score (nSPS) is 11.1. The molecule has 14 heteroatoms. The second kappa shape index (κ2) is 15.5. The van der Waals surface area contributed by atoms with Crippen LogP contribution in [0.25, 0.3) is 17.3 Å². The molecule has 0 bridgehead atoms. The van der Waals surface area contributed by atoms with Crippen molar-refractivity contribution < 1.29 is 19.3 Å². The van der Waals surface area contributed by atoms with Gasteiger partial charge in [0.2, 0.25) is 5.91 Å². The molecule has 0 spiro atoms. The van der Waals surface area contributed by atoms with E-state index in [0.29, 0.717) is 43.1 Å². The number of thioether (sulfide) groups is 1. The number of aromatic nitrogens is 1.